The number of rotatable bonds is 6. The van der Waals surface area contributed by atoms with E-state index in [2.05, 4.69) is 47.2 Å². The number of amides is 1. The highest BCUT2D eigenvalue weighted by molar-refractivity contribution is 5.94. The number of carbonyl (C=O) groups excluding carboxylic acids is 1. The fourth-order valence-corrected chi connectivity index (χ4v) is 6.35. The van der Waals surface area contributed by atoms with Gasteiger partial charge in [-0.2, -0.15) is 0 Å². The molecule has 3 aromatic carbocycles. The lowest BCUT2D eigenvalue weighted by Crippen LogP contribution is -2.44. The first kappa shape index (κ1) is 23.4. The molecule has 1 saturated carbocycles. The lowest BCUT2D eigenvalue weighted by molar-refractivity contribution is -0.117. The summed E-state index contributed by atoms with van der Waals surface area (Å²) in [6, 6.07) is 28.6. The Bertz CT molecular complexity index is 1400. The Morgan fingerprint density at radius 1 is 1.03 bits per heavy atom. The summed E-state index contributed by atoms with van der Waals surface area (Å²) >= 11 is 0. The van der Waals surface area contributed by atoms with Gasteiger partial charge in [0.15, 0.2) is 0 Å². The first-order chi connectivity index (χ1) is 18.2. The monoisotopic (exact) mass is 490 g/mol. The molecule has 2 heterocycles. The molecule has 0 saturated heterocycles. The van der Waals surface area contributed by atoms with Crippen LogP contribution in [0.5, 0.6) is 0 Å². The standard InChI is InChI=1S/C31H30N4O2/c1-3-18-37-31-28(34-20-26(32-33-34)22-12-6-4-7-13-22)19-25-29(31)24-16-10-11-17-27(24)35(21(2)36)30(25)23-14-8-5-9-15-23/h3-17,20,25,28-31H,1,18-19H2,2H3/t25-,28+,29-,30-,31+/m1/s1. The molecule has 6 nitrogen and oxygen atoms in total. The van der Waals surface area contributed by atoms with Crippen molar-refractivity contribution in [3.63, 3.8) is 0 Å². The summed E-state index contributed by atoms with van der Waals surface area (Å²) < 4.78 is 8.50. The van der Waals surface area contributed by atoms with Crippen molar-refractivity contribution < 1.29 is 9.53 Å². The van der Waals surface area contributed by atoms with Crippen molar-refractivity contribution >= 4 is 11.6 Å². The number of benzene rings is 3. The van der Waals surface area contributed by atoms with Crippen LogP contribution in [0.4, 0.5) is 5.69 Å². The quantitative estimate of drug-likeness (QED) is 0.313. The number of carbonyl (C=O) groups is 1. The van der Waals surface area contributed by atoms with Crippen LogP contribution in [-0.2, 0) is 9.53 Å². The number of hydrogen-bond acceptors (Lipinski definition) is 4. The van der Waals surface area contributed by atoms with Crippen molar-refractivity contribution in [2.75, 3.05) is 11.5 Å². The van der Waals surface area contributed by atoms with Gasteiger partial charge in [-0.3, -0.25) is 4.79 Å². The minimum atomic E-state index is -0.144. The molecule has 6 rings (SSSR count). The number of aromatic nitrogens is 3. The fourth-order valence-electron chi connectivity index (χ4n) is 6.35. The number of nitrogens with zero attached hydrogens (tertiary/aromatic N) is 4. The Kier molecular flexibility index (Phi) is 6.18. The summed E-state index contributed by atoms with van der Waals surface area (Å²) in [7, 11) is 0. The van der Waals surface area contributed by atoms with Crippen molar-refractivity contribution in [1.82, 2.24) is 15.0 Å². The Balaban J connectivity index is 1.48. The predicted molar refractivity (Wildman–Crippen MR) is 144 cm³/mol. The Hall–Kier alpha value is -4.03. The normalized spacial score (nSPS) is 24.4. The molecule has 1 amide bonds. The molecule has 2 aliphatic rings. The van der Waals surface area contributed by atoms with Crippen molar-refractivity contribution in [2.45, 2.75) is 37.5 Å². The topological polar surface area (TPSA) is 60.2 Å². The van der Waals surface area contributed by atoms with Crippen LogP contribution < -0.4 is 4.90 Å². The number of hydrogen-bond donors (Lipinski definition) is 0. The van der Waals surface area contributed by atoms with E-state index in [0.29, 0.717) is 6.61 Å². The van der Waals surface area contributed by atoms with Crippen molar-refractivity contribution in [2.24, 2.45) is 5.92 Å². The van der Waals surface area contributed by atoms with Gasteiger partial charge in [-0.25, -0.2) is 4.68 Å². The number of anilines is 1. The molecule has 0 unspecified atom stereocenters. The van der Waals surface area contributed by atoms with E-state index in [4.69, 9.17) is 4.74 Å². The third-order valence-electron chi connectivity index (χ3n) is 7.75. The second-order valence-corrected chi connectivity index (χ2v) is 9.83. The fraction of sp³-hybridized carbons (Fsp3) is 0.258. The van der Waals surface area contributed by atoms with E-state index in [1.165, 1.54) is 0 Å². The number of fused-ring (bicyclic) bond motifs is 3. The third kappa shape index (κ3) is 4.07. The molecular formula is C31H30N4O2. The van der Waals surface area contributed by atoms with E-state index in [9.17, 15) is 4.79 Å². The van der Waals surface area contributed by atoms with Gasteiger partial charge in [0.2, 0.25) is 5.91 Å². The predicted octanol–water partition coefficient (Wildman–Crippen LogP) is 5.97. The maximum absolute atomic E-state index is 13.2. The molecule has 4 aromatic rings. The van der Waals surface area contributed by atoms with Gasteiger partial charge >= 0.3 is 0 Å². The molecule has 0 N–H and O–H groups in total. The van der Waals surface area contributed by atoms with Crippen LogP contribution in [0.2, 0.25) is 0 Å². The van der Waals surface area contributed by atoms with Crippen LogP contribution in [0.25, 0.3) is 11.3 Å². The van der Waals surface area contributed by atoms with E-state index in [1.807, 2.05) is 70.4 Å². The first-order valence-corrected chi connectivity index (χ1v) is 12.8. The molecule has 1 aromatic heterocycles. The average Bonchev–Trinajstić information content (AvgIpc) is 3.57. The highest BCUT2D eigenvalue weighted by Crippen LogP contribution is 2.59. The number of para-hydroxylation sites is 1. The van der Waals surface area contributed by atoms with Gasteiger partial charge in [0.05, 0.1) is 31.0 Å². The smallest absolute Gasteiger partial charge is 0.224 e. The van der Waals surface area contributed by atoms with Crippen LogP contribution in [0.15, 0.2) is 104 Å². The summed E-state index contributed by atoms with van der Waals surface area (Å²) in [4.78, 5) is 15.1. The molecule has 1 aliphatic heterocycles. The molecule has 37 heavy (non-hydrogen) atoms. The molecule has 0 radical (unpaired) electrons. The second-order valence-electron chi connectivity index (χ2n) is 9.83. The second kappa shape index (κ2) is 9.79. The molecule has 5 atom stereocenters. The minimum Gasteiger partial charge on any atom is -0.371 e. The summed E-state index contributed by atoms with van der Waals surface area (Å²) in [5.41, 5.74) is 5.11. The van der Waals surface area contributed by atoms with Gasteiger partial charge in [0, 0.05) is 24.1 Å². The highest BCUT2D eigenvalue weighted by Gasteiger charge is 2.54. The van der Waals surface area contributed by atoms with Crippen molar-refractivity contribution in [1.29, 1.82) is 0 Å². The van der Waals surface area contributed by atoms with Crippen molar-refractivity contribution in [3.05, 3.63) is 115 Å². The largest absolute Gasteiger partial charge is 0.371 e. The van der Waals surface area contributed by atoms with Gasteiger partial charge in [-0.15, -0.1) is 11.7 Å². The maximum Gasteiger partial charge on any atom is 0.224 e. The van der Waals surface area contributed by atoms with Gasteiger partial charge in [0.25, 0.3) is 0 Å². The van der Waals surface area contributed by atoms with Crippen LogP contribution in [-0.4, -0.2) is 33.6 Å². The SMILES string of the molecule is C=CCO[C@@H]1[C@@H]2c3ccccc3N(C(C)=O)[C@H](c3ccccc3)[C@@H]2C[C@@H]1n1cc(-c2ccccc2)nn1. The van der Waals surface area contributed by atoms with E-state index in [1.54, 1.807) is 13.0 Å². The Morgan fingerprint density at radius 2 is 1.73 bits per heavy atom. The van der Waals surface area contributed by atoms with Gasteiger partial charge in [0.1, 0.15) is 5.69 Å². The van der Waals surface area contributed by atoms with Crippen LogP contribution in [0, 0.1) is 5.92 Å². The van der Waals surface area contributed by atoms with Crippen LogP contribution in [0.1, 0.15) is 42.5 Å². The molecule has 1 fully saturated rings. The molecule has 0 spiro atoms. The lowest BCUT2D eigenvalue weighted by atomic mass is 9.75. The van der Waals surface area contributed by atoms with E-state index < -0.39 is 0 Å². The minimum absolute atomic E-state index is 0.0360. The highest BCUT2D eigenvalue weighted by atomic mass is 16.5. The maximum atomic E-state index is 13.2. The number of ether oxygens (including phenoxy) is 1. The summed E-state index contributed by atoms with van der Waals surface area (Å²) in [6.45, 7) is 6.00. The Labute approximate surface area is 217 Å². The van der Waals surface area contributed by atoms with E-state index >= 15 is 0 Å². The summed E-state index contributed by atoms with van der Waals surface area (Å²) in [5, 5.41) is 9.08. The van der Waals surface area contributed by atoms with Gasteiger partial charge < -0.3 is 9.64 Å². The molecular weight excluding hydrogens is 460 g/mol. The van der Waals surface area contributed by atoms with Crippen LogP contribution in [0.3, 0.4) is 0 Å². The average molecular weight is 491 g/mol. The van der Waals surface area contributed by atoms with E-state index in [0.717, 1.165) is 34.5 Å². The molecule has 6 heteroatoms. The Morgan fingerprint density at radius 3 is 2.46 bits per heavy atom. The molecule has 1 aliphatic carbocycles. The zero-order valence-electron chi connectivity index (χ0n) is 20.9. The zero-order chi connectivity index (χ0) is 25.4. The summed E-state index contributed by atoms with van der Waals surface area (Å²) in [6.07, 6.45) is 4.48. The zero-order valence-corrected chi connectivity index (χ0v) is 20.9. The third-order valence-corrected chi connectivity index (χ3v) is 7.75. The summed E-state index contributed by atoms with van der Waals surface area (Å²) in [5.74, 6) is 0.274. The molecule has 0 bridgehead atoms. The molecule has 186 valence electrons. The lowest BCUT2D eigenvalue weighted by Gasteiger charge is -2.45. The van der Waals surface area contributed by atoms with Gasteiger partial charge in [-0.1, -0.05) is 90.2 Å². The van der Waals surface area contributed by atoms with E-state index in [-0.39, 0.29) is 35.9 Å². The first-order valence-electron chi connectivity index (χ1n) is 12.8. The van der Waals surface area contributed by atoms with Gasteiger partial charge in [-0.05, 0) is 29.5 Å². The van der Waals surface area contributed by atoms with Crippen LogP contribution >= 0.6 is 0 Å². The van der Waals surface area contributed by atoms with Crippen molar-refractivity contribution in [3.8, 4) is 11.3 Å².